The molecule has 0 saturated carbocycles. The Kier molecular flexibility index (Phi) is 7.69. The number of halogens is 1. The van der Waals surface area contributed by atoms with Crippen molar-refractivity contribution in [3.63, 3.8) is 0 Å². The zero-order valence-corrected chi connectivity index (χ0v) is 19.6. The first kappa shape index (κ1) is 22.8. The number of nitrogens with one attached hydrogen (secondary N) is 3. The van der Waals surface area contributed by atoms with Crippen molar-refractivity contribution >= 4 is 50.0 Å². The molecule has 0 aliphatic carbocycles. The standard InChI is InChI=1S/C21H21IN4O4S/c1-30-20-6-2-5-19(18(20)12-22)26-31(28,29)17-9-7-16(8-10-17)25-21(27)24-14-15-4-3-11-23-13-15/h2-11,13,26H,12,14H2,1H3,(H2,24,25,27). The Morgan fingerprint density at radius 3 is 2.52 bits per heavy atom. The Balaban J connectivity index is 1.65. The number of rotatable bonds is 8. The van der Waals surface area contributed by atoms with Gasteiger partial charge in [0.2, 0.25) is 0 Å². The van der Waals surface area contributed by atoms with Gasteiger partial charge in [-0.2, -0.15) is 0 Å². The summed E-state index contributed by atoms with van der Waals surface area (Å²) in [5, 5.41) is 5.39. The van der Waals surface area contributed by atoms with E-state index in [1.165, 1.54) is 24.3 Å². The third-order valence-electron chi connectivity index (χ3n) is 4.33. The molecule has 0 fully saturated rings. The zero-order chi connectivity index (χ0) is 22.3. The number of hydrogen-bond donors (Lipinski definition) is 3. The SMILES string of the molecule is COc1cccc(NS(=O)(=O)c2ccc(NC(=O)NCc3cccnc3)cc2)c1CI. The molecule has 2 aromatic carbocycles. The van der Waals surface area contributed by atoms with Gasteiger partial charge in [-0.25, -0.2) is 13.2 Å². The van der Waals surface area contributed by atoms with E-state index >= 15 is 0 Å². The van der Waals surface area contributed by atoms with Gasteiger partial charge in [0.15, 0.2) is 0 Å². The van der Waals surface area contributed by atoms with E-state index in [0.717, 1.165) is 11.1 Å². The fraction of sp³-hybridized carbons (Fsp3) is 0.143. The molecule has 0 bridgehead atoms. The van der Waals surface area contributed by atoms with Gasteiger partial charge in [-0.05, 0) is 48.0 Å². The Bertz CT molecular complexity index is 1140. The van der Waals surface area contributed by atoms with Gasteiger partial charge in [0.1, 0.15) is 5.75 Å². The fourth-order valence-corrected chi connectivity index (χ4v) is 4.65. The molecule has 0 saturated heterocycles. The van der Waals surface area contributed by atoms with Gasteiger partial charge in [0.05, 0.1) is 17.7 Å². The number of urea groups is 1. The molecule has 3 N–H and O–H groups in total. The minimum Gasteiger partial charge on any atom is -0.496 e. The van der Waals surface area contributed by atoms with E-state index in [1.54, 1.807) is 43.8 Å². The number of methoxy groups -OCH3 is 1. The molecule has 0 aliphatic rings. The second-order valence-corrected chi connectivity index (χ2v) is 8.86. The summed E-state index contributed by atoms with van der Waals surface area (Å²) in [6.07, 6.45) is 3.32. The first-order chi connectivity index (χ1) is 14.9. The molecular formula is C21H21IN4O4S. The van der Waals surface area contributed by atoms with Gasteiger partial charge in [-0.1, -0.05) is 34.7 Å². The van der Waals surface area contributed by atoms with Crippen LogP contribution in [0.1, 0.15) is 11.1 Å². The Morgan fingerprint density at radius 1 is 1.10 bits per heavy atom. The molecule has 162 valence electrons. The molecule has 2 amide bonds. The molecule has 3 aromatic rings. The number of sulfonamides is 1. The number of aromatic nitrogens is 1. The average Bonchev–Trinajstić information content (AvgIpc) is 2.78. The molecule has 8 nitrogen and oxygen atoms in total. The predicted octanol–water partition coefficient (Wildman–Crippen LogP) is 4.15. The van der Waals surface area contributed by atoms with Crippen LogP contribution in [-0.2, 0) is 21.0 Å². The highest BCUT2D eigenvalue weighted by atomic mass is 127. The van der Waals surface area contributed by atoms with E-state index in [9.17, 15) is 13.2 Å². The highest BCUT2D eigenvalue weighted by molar-refractivity contribution is 14.1. The highest BCUT2D eigenvalue weighted by Crippen LogP contribution is 2.30. The molecule has 10 heteroatoms. The number of ether oxygens (including phenoxy) is 1. The van der Waals surface area contributed by atoms with E-state index in [2.05, 4.69) is 42.9 Å². The monoisotopic (exact) mass is 552 g/mol. The predicted molar refractivity (Wildman–Crippen MR) is 128 cm³/mol. The van der Waals surface area contributed by atoms with Gasteiger partial charge in [-0.15, -0.1) is 0 Å². The second kappa shape index (κ2) is 10.4. The molecule has 0 spiro atoms. The van der Waals surface area contributed by atoms with Crippen LogP contribution < -0.4 is 20.1 Å². The van der Waals surface area contributed by atoms with Crippen molar-refractivity contribution in [2.75, 3.05) is 17.1 Å². The van der Waals surface area contributed by atoms with Gasteiger partial charge in [0.25, 0.3) is 10.0 Å². The summed E-state index contributed by atoms with van der Waals surface area (Å²) in [6, 6.07) is 14.4. The van der Waals surface area contributed by atoms with E-state index in [1.807, 2.05) is 6.07 Å². The molecule has 0 atom stereocenters. The smallest absolute Gasteiger partial charge is 0.319 e. The summed E-state index contributed by atoms with van der Waals surface area (Å²) >= 11 is 2.16. The summed E-state index contributed by atoms with van der Waals surface area (Å²) in [6.45, 7) is 0.329. The minimum atomic E-state index is -3.81. The summed E-state index contributed by atoms with van der Waals surface area (Å²) in [5.41, 5.74) is 2.56. The molecular weight excluding hydrogens is 531 g/mol. The number of amides is 2. The van der Waals surface area contributed by atoms with Gasteiger partial charge in [0, 0.05) is 34.6 Å². The number of carbonyl (C=O) groups excluding carboxylic acids is 1. The topological polar surface area (TPSA) is 109 Å². The number of carbonyl (C=O) groups is 1. The summed E-state index contributed by atoms with van der Waals surface area (Å²) in [5.74, 6) is 0.617. The molecule has 0 aliphatic heterocycles. The van der Waals surface area contributed by atoms with Crippen molar-refractivity contribution < 1.29 is 17.9 Å². The Morgan fingerprint density at radius 2 is 1.87 bits per heavy atom. The molecule has 31 heavy (non-hydrogen) atoms. The highest BCUT2D eigenvalue weighted by Gasteiger charge is 2.17. The zero-order valence-electron chi connectivity index (χ0n) is 16.6. The lowest BCUT2D eigenvalue weighted by atomic mass is 10.2. The van der Waals surface area contributed by atoms with Crippen LogP contribution >= 0.6 is 22.6 Å². The fourth-order valence-electron chi connectivity index (χ4n) is 2.77. The van der Waals surface area contributed by atoms with E-state index in [4.69, 9.17) is 4.74 Å². The first-order valence-electron chi connectivity index (χ1n) is 9.21. The third kappa shape index (κ3) is 6.07. The van der Waals surface area contributed by atoms with E-state index in [0.29, 0.717) is 28.1 Å². The lowest BCUT2D eigenvalue weighted by molar-refractivity contribution is 0.251. The average molecular weight is 552 g/mol. The maximum absolute atomic E-state index is 12.8. The van der Waals surface area contributed by atoms with Crippen molar-refractivity contribution in [1.82, 2.24) is 10.3 Å². The second-order valence-electron chi connectivity index (χ2n) is 6.42. The van der Waals surface area contributed by atoms with Crippen LogP contribution in [0.4, 0.5) is 16.2 Å². The van der Waals surface area contributed by atoms with Gasteiger partial charge < -0.3 is 15.4 Å². The number of nitrogens with zero attached hydrogens (tertiary/aromatic N) is 1. The quantitative estimate of drug-likeness (QED) is 0.288. The van der Waals surface area contributed by atoms with Gasteiger partial charge in [-0.3, -0.25) is 9.71 Å². The van der Waals surface area contributed by atoms with Crippen LogP contribution in [0.25, 0.3) is 0 Å². The molecule has 1 heterocycles. The van der Waals surface area contributed by atoms with Crippen LogP contribution in [0.15, 0.2) is 71.9 Å². The number of anilines is 2. The molecule has 1 aromatic heterocycles. The van der Waals surface area contributed by atoms with Crippen molar-refractivity contribution in [2.45, 2.75) is 15.9 Å². The van der Waals surface area contributed by atoms with Crippen molar-refractivity contribution in [3.8, 4) is 5.75 Å². The summed E-state index contributed by atoms with van der Waals surface area (Å²) in [4.78, 5) is 16.1. The van der Waals surface area contributed by atoms with E-state index < -0.39 is 16.1 Å². The summed E-state index contributed by atoms with van der Waals surface area (Å²) < 4.78 is 34.1. The van der Waals surface area contributed by atoms with Crippen molar-refractivity contribution in [3.05, 3.63) is 78.1 Å². The van der Waals surface area contributed by atoms with E-state index in [-0.39, 0.29) is 4.90 Å². The van der Waals surface area contributed by atoms with Crippen LogP contribution in [-0.4, -0.2) is 26.5 Å². The number of alkyl halides is 1. The largest absolute Gasteiger partial charge is 0.496 e. The van der Waals surface area contributed by atoms with Crippen LogP contribution in [0.2, 0.25) is 0 Å². The minimum absolute atomic E-state index is 0.0797. The van der Waals surface area contributed by atoms with Crippen molar-refractivity contribution in [1.29, 1.82) is 0 Å². The first-order valence-corrected chi connectivity index (χ1v) is 12.2. The lowest BCUT2D eigenvalue weighted by Crippen LogP contribution is -2.28. The lowest BCUT2D eigenvalue weighted by Gasteiger charge is -2.14. The summed E-state index contributed by atoms with van der Waals surface area (Å²) in [7, 11) is -2.26. The van der Waals surface area contributed by atoms with Gasteiger partial charge >= 0.3 is 6.03 Å². The van der Waals surface area contributed by atoms with Crippen molar-refractivity contribution in [2.24, 2.45) is 0 Å². The Labute approximate surface area is 194 Å². The van der Waals surface area contributed by atoms with Crippen LogP contribution in [0, 0.1) is 0 Å². The molecule has 0 radical (unpaired) electrons. The maximum Gasteiger partial charge on any atom is 0.319 e. The van der Waals surface area contributed by atoms with Crippen LogP contribution in [0.5, 0.6) is 5.75 Å². The molecule has 3 rings (SSSR count). The number of benzene rings is 2. The normalized spacial score (nSPS) is 10.9. The maximum atomic E-state index is 12.8. The Hall–Kier alpha value is -2.86. The molecule has 0 unspecified atom stereocenters. The number of hydrogen-bond acceptors (Lipinski definition) is 5. The third-order valence-corrected chi connectivity index (χ3v) is 6.47. The number of pyridine rings is 1. The van der Waals surface area contributed by atoms with Crippen LogP contribution in [0.3, 0.4) is 0 Å².